The molecule has 0 heterocycles. The standard InChI is InChI=1S/C18H36NO2Si2/c1-16(2,3)22(7,8)20-15-12-11-13-18(15,14-19)21-23(9,10)17(4,5)6/h11-13H2,1-10H3/q-1. The highest BCUT2D eigenvalue weighted by Gasteiger charge is 2.47. The van der Waals surface area contributed by atoms with Gasteiger partial charge in [-0.1, -0.05) is 48.0 Å². The van der Waals surface area contributed by atoms with Gasteiger partial charge in [0.15, 0.2) is 16.6 Å². The molecular formula is C18H36NO2Si2-. The molecule has 134 valence electrons. The molecule has 1 fully saturated rings. The SMILES string of the molecule is CC(C)(C)[Si](C)(C)O[C-]1CCCC1(C#N)O[Si](C)(C)C(C)(C)C. The molecule has 3 nitrogen and oxygen atoms in total. The Morgan fingerprint density at radius 3 is 1.83 bits per heavy atom. The average molecular weight is 355 g/mol. The van der Waals surface area contributed by atoms with Crippen molar-refractivity contribution >= 4 is 16.6 Å². The number of nitrogens with zero attached hydrogens (tertiary/aromatic N) is 1. The molecule has 1 atom stereocenters. The highest BCUT2D eigenvalue weighted by atomic mass is 28.4. The van der Waals surface area contributed by atoms with Crippen LogP contribution in [0.5, 0.6) is 0 Å². The molecular weight excluding hydrogens is 318 g/mol. The lowest BCUT2D eigenvalue weighted by atomic mass is 10.0. The van der Waals surface area contributed by atoms with Crippen LogP contribution in [0.3, 0.4) is 0 Å². The van der Waals surface area contributed by atoms with E-state index in [1.54, 1.807) is 0 Å². The van der Waals surface area contributed by atoms with E-state index in [4.69, 9.17) is 8.85 Å². The van der Waals surface area contributed by atoms with Crippen molar-refractivity contribution in [3.05, 3.63) is 6.10 Å². The van der Waals surface area contributed by atoms with Crippen molar-refractivity contribution in [1.82, 2.24) is 0 Å². The zero-order valence-corrected chi connectivity index (χ0v) is 18.9. The van der Waals surface area contributed by atoms with Crippen LogP contribution in [0.4, 0.5) is 0 Å². The Bertz CT molecular complexity index is 469. The summed E-state index contributed by atoms with van der Waals surface area (Å²) < 4.78 is 13.2. The van der Waals surface area contributed by atoms with Crippen LogP contribution in [0, 0.1) is 17.4 Å². The van der Waals surface area contributed by atoms with E-state index in [0.29, 0.717) is 0 Å². The van der Waals surface area contributed by atoms with E-state index in [9.17, 15) is 5.26 Å². The summed E-state index contributed by atoms with van der Waals surface area (Å²) in [6.45, 7) is 22.3. The summed E-state index contributed by atoms with van der Waals surface area (Å²) in [6, 6.07) is 2.50. The monoisotopic (exact) mass is 354 g/mol. The second-order valence-corrected chi connectivity index (χ2v) is 19.4. The molecule has 1 rings (SSSR count). The first kappa shape index (κ1) is 20.9. The third kappa shape index (κ3) is 4.28. The third-order valence-electron chi connectivity index (χ3n) is 5.98. The van der Waals surface area contributed by atoms with Gasteiger partial charge < -0.3 is 8.85 Å². The van der Waals surface area contributed by atoms with Gasteiger partial charge in [-0.2, -0.15) is 17.8 Å². The van der Waals surface area contributed by atoms with Gasteiger partial charge in [0, 0.05) is 5.60 Å². The van der Waals surface area contributed by atoms with Crippen LogP contribution >= 0.6 is 0 Å². The van der Waals surface area contributed by atoms with Gasteiger partial charge in [0.05, 0.1) is 6.07 Å². The number of hydrogen-bond donors (Lipinski definition) is 0. The zero-order valence-electron chi connectivity index (χ0n) is 16.9. The highest BCUT2D eigenvalue weighted by molar-refractivity contribution is 6.75. The molecule has 0 aromatic heterocycles. The van der Waals surface area contributed by atoms with Crippen molar-refractivity contribution in [3.8, 4) is 6.07 Å². The summed E-state index contributed by atoms with van der Waals surface area (Å²) in [5.74, 6) is 0. The first-order valence-electron chi connectivity index (χ1n) is 8.75. The summed E-state index contributed by atoms with van der Waals surface area (Å²) in [7, 11) is -3.98. The topological polar surface area (TPSA) is 42.2 Å². The summed E-state index contributed by atoms with van der Waals surface area (Å²) in [5.41, 5.74) is -0.835. The molecule has 1 aliphatic carbocycles. The van der Waals surface area contributed by atoms with Crippen LogP contribution in [0.1, 0.15) is 60.8 Å². The molecule has 1 saturated carbocycles. The quantitative estimate of drug-likeness (QED) is 0.458. The maximum atomic E-state index is 9.98. The summed E-state index contributed by atoms with van der Waals surface area (Å²) >= 11 is 0. The first-order valence-corrected chi connectivity index (χ1v) is 14.6. The second-order valence-electron chi connectivity index (χ2n) is 9.94. The number of hydrogen-bond acceptors (Lipinski definition) is 3. The van der Waals surface area contributed by atoms with E-state index in [0.717, 1.165) is 25.4 Å². The van der Waals surface area contributed by atoms with Crippen LogP contribution in [0.15, 0.2) is 0 Å². The van der Waals surface area contributed by atoms with E-state index in [-0.39, 0.29) is 10.1 Å². The largest absolute Gasteiger partial charge is 0.585 e. The van der Waals surface area contributed by atoms with Crippen LogP contribution in [-0.4, -0.2) is 22.2 Å². The Hall–Kier alpha value is -0.156. The van der Waals surface area contributed by atoms with E-state index in [1.807, 2.05) is 0 Å². The molecule has 0 saturated heterocycles. The predicted molar refractivity (Wildman–Crippen MR) is 102 cm³/mol. The van der Waals surface area contributed by atoms with Crippen molar-refractivity contribution in [3.63, 3.8) is 0 Å². The van der Waals surface area contributed by atoms with Crippen molar-refractivity contribution < 1.29 is 8.85 Å². The van der Waals surface area contributed by atoms with Gasteiger partial charge in [-0.15, -0.1) is 0 Å². The van der Waals surface area contributed by atoms with Gasteiger partial charge in [-0.25, -0.2) is 0 Å². The lowest BCUT2D eigenvalue weighted by Gasteiger charge is -2.54. The van der Waals surface area contributed by atoms with Gasteiger partial charge in [-0.3, -0.25) is 0 Å². The molecule has 0 N–H and O–H groups in total. The van der Waals surface area contributed by atoms with Gasteiger partial charge in [0.2, 0.25) is 0 Å². The van der Waals surface area contributed by atoms with Crippen molar-refractivity contribution in [2.45, 2.75) is 103 Å². The van der Waals surface area contributed by atoms with Crippen LogP contribution in [0.2, 0.25) is 36.3 Å². The molecule has 0 bridgehead atoms. The lowest BCUT2D eigenvalue weighted by Crippen LogP contribution is -2.53. The van der Waals surface area contributed by atoms with Crippen LogP contribution < -0.4 is 0 Å². The molecule has 0 aromatic carbocycles. The van der Waals surface area contributed by atoms with Crippen molar-refractivity contribution in [2.24, 2.45) is 0 Å². The molecule has 0 spiro atoms. The predicted octanol–water partition coefficient (Wildman–Crippen LogP) is 6.01. The minimum absolute atomic E-state index is 0.0848. The molecule has 1 aliphatic rings. The minimum atomic E-state index is -2.03. The average Bonchev–Trinajstić information content (AvgIpc) is 2.68. The Labute approximate surface area is 146 Å². The van der Waals surface area contributed by atoms with Crippen molar-refractivity contribution in [2.75, 3.05) is 0 Å². The van der Waals surface area contributed by atoms with Crippen LogP contribution in [-0.2, 0) is 8.85 Å². The molecule has 5 heteroatoms. The van der Waals surface area contributed by atoms with Crippen molar-refractivity contribution in [1.29, 1.82) is 5.26 Å². The molecule has 0 amide bonds. The summed E-state index contributed by atoms with van der Waals surface area (Å²) in [4.78, 5) is 0. The zero-order chi connectivity index (χ0) is 18.3. The first-order chi connectivity index (χ1) is 10.1. The number of nitriles is 1. The van der Waals surface area contributed by atoms with Gasteiger partial charge in [0.25, 0.3) is 0 Å². The van der Waals surface area contributed by atoms with E-state index in [1.165, 1.54) is 0 Å². The summed E-state index contributed by atoms with van der Waals surface area (Å²) in [5, 5.41) is 10.2. The molecule has 0 radical (unpaired) electrons. The van der Waals surface area contributed by atoms with E-state index < -0.39 is 22.2 Å². The number of rotatable bonds is 4. The molecule has 23 heavy (non-hydrogen) atoms. The molecule has 0 aliphatic heterocycles. The fraction of sp³-hybridized carbons (Fsp3) is 0.889. The van der Waals surface area contributed by atoms with E-state index in [2.05, 4.69) is 73.8 Å². The van der Waals surface area contributed by atoms with Crippen LogP contribution in [0.25, 0.3) is 0 Å². The maximum Gasteiger partial charge on any atom is 0.190 e. The second kappa shape index (κ2) is 6.29. The molecule has 1 unspecified atom stereocenters. The van der Waals surface area contributed by atoms with Gasteiger partial charge >= 0.3 is 0 Å². The smallest absolute Gasteiger partial charge is 0.190 e. The summed E-state index contributed by atoms with van der Waals surface area (Å²) in [6.07, 6.45) is 3.50. The Morgan fingerprint density at radius 1 is 0.957 bits per heavy atom. The fourth-order valence-corrected chi connectivity index (χ4v) is 4.90. The molecule has 0 aromatic rings. The van der Waals surface area contributed by atoms with Gasteiger partial charge in [-0.05, 0) is 42.7 Å². The third-order valence-corrected chi connectivity index (χ3v) is 14.8. The minimum Gasteiger partial charge on any atom is -0.585 e. The fourth-order valence-electron chi connectivity index (χ4n) is 2.27. The Kier molecular flexibility index (Phi) is 5.71. The lowest BCUT2D eigenvalue weighted by molar-refractivity contribution is 0.0702. The van der Waals surface area contributed by atoms with Gasteiger partial charge in [0.1, 0.15) is 0 Å². The highest BCUT2D eigenvalue weighted by Crippen LogP contribution is 2.50. The normalized spacial score (nSPS) is 24.7. The maximum absolute atomic E-state index is 9.98. The van der Waals surface area contributed by atoms with E-state index >= 15 is 0 Å². The Morgan fingerprint density at radius 2 is 1.43 bits per heavy atom. The Balaban J connectivity index is 3.09.